The van der Waals surface area contributed by atoms with Crippen LogP contribution in [0.3, 0.4) is 0 Å². The molecule has 2 rings (SSSR count). The number of hydrogen-bond donors (Lipinski definition) is 2. The van der Waals surface area contributed by atoms with Crippen LogP contribution >= 0.6 is 0 Å². The maximum absolute atomic E-state index is 11.8. The Hall–Kier alpha value is -2.42. The summed E-state index contributed by atoms with van der Waals surface area (Å²) >= 11 is 0. The normalized spacial score (nSPS) is 11.3. The molecule has 1 aromatic carbocycles. The fourth-order valence-corrected chi connectivity index (χ4v) is 2.70. The number of carboxylic acids is 1. The third-order valence-electron chi connectivity index (χ3n) is 2.69. The van der Waals surface area contributed by atoms with E-state index < -0.39 is 28.2 Å². The molecule has 0 amide bonds. The van der Waals surface area contributed by atoms with E-state index >= 15 is 0 Å². The summed E-state index contributed by atoms with van der Waals surface area (Å²) in [7, 11) is -3.74. The highest BCUT2D eigenvalue weighted by Crippen LogP contribution is 2.24. The van der Waals surface area contributed by atoms with Crippen LogP contribution < -0.4 is 4.72 Å². The van der Waals surface area contributed by atoms with E-state index in [4.69, 9.17) is 9.52 Å². The zero-order valence-corrected chi connectivity index (χ0v) is 11.9. The Morgan fingerprint density at radius 3 is 2.81 bits per heavy atom. The molecule has 2 aromatic rings. The van der Waals surface area contributed by atoms with Gasteiger partial charge in [-0.05, 0) is 24.6 Å². The van der Waals surface area contributed by atoms with Crippen molar-refractivity contribution in [2.24, 2.45) is 0 Å². The molecule has 0 aliphatic heterocycles. The Morgan fingerprint density at radius 1 is 1.43 bits per heavy atom. The topological polar surface area (TPSA) is 122 Å². The molecular weight excluding hydrogens is 298 g/mol. The van der Waals surface area contributed by atoms with Gasteiger partial charge in [0.1, 0.15) is 0 Å². The third kappa shape index (κ3) is 4.02. The molecule has 0 fully saturated rings. The molecule has 0 saturated heterocycles. The van der Waals surface area contributed by atoms with E-state index in [-0.39, 0.29) is 5.89 Å². The van der Waals surface area contributed by atoms with E-state index in [2.05, 4.69) is 14.9 Å². The molecule has 2 N–H and O–H groups in total. The first-order valence-corrected chi connectivity index (χ1v) is 7.62. The van der Waals surface area contributed by atoms with Gasteiger partial charge in [0.2, 0.25) is 22.3 Å². The predicted octanol–water partition coefficient (Wildman–Crippen LogP) is 1.26. The van der Waals surface area contributed by atoms with Gasteiger partial charge in [-0.3, -0.25) is 9.52 Å². The second-order valence-electron chi connectivity index (χ2n) is 4.34. The van der Waals surface area contributed by atoms with Gasteiger partial charge in [0, 0.05) is 5.56 Å². The van der Waals surface area contributed by atoms with Crippen LogP contribution in [-0.2, 0) is 14.8 Å². The van der Waals surface area contributed by atoms with E-state index in [9.17, 15) is 13.2 Å². The first kappa shape index (κ1) is 15.0. The van der Waals surface area contributed by atoms with Gasteiger partial charge in [-0.1, -0.05) is 6.07 Å². The van der Waals surface area contributed by atoms with Crippen molar-refractivity contribution in [2.45, 2.75) is 13.3 Å². The van der Waals surface area contributed by atoms with Gasteiger partial charge >= 0.3 is 5.97 Å². The smallest absolute Gasteiger partial charge is 0.304 e. The number of rotatable bonds is 6. The largest absolute Gasteiger partial charge is 0.481 e. The number of carbonyl (C=O) groups is 1. The summed E-state index contributed by atoms with van der Waals surface area (Å²) in [6.07, 6.45) is 0.712. The molecule has 0 spiro atoms. The van der Waals surface area contributed by atoms with Crippen LogP contribution in [0.1, 0.15) is 12.0 Å². The molecule has 1 heterocycles. The van der Waals surface area contributed by atoms with Gasteiger partial charge in [-0.25, -0.2) is 8.42 Å². The van der Waals surface area contributed by atoms with Crippen molar-refractivity contribution in [3.05, 3.63) is 30.2 Å². The van der Waals surface area contributed by atoms with Crippen molar-refractivity contribution >= 4 is 21.7 Å². The van der Waals surface area contributed by atoms with Gasteiger partial charge in [0.05, 0.1) is 17.9 Å². The minimum absolute atomic E-state index is 0.265. The molecule has 0 saturated carbocycles. The van der Waals surface area contributed by atoms with Crippen LogP contribution in [0, 0.1) is 6.92 Å². The highest BCUT2D eigenvalue weighted by atomic mass is 32.2. The Morgan fingerprint density at radius 2 is 2.19 bits per heavy atom. The van der Waals surface area contributed by atoms with Crippen LogP contribution in [0.15, 0.2) is 29.0 Å². The molecule has 8 nitrogen and oxygen atoms in total. The summed E-state index contributed by atoms with van der Waals surface area (Å²) < 4.78 is 31.1. The number of hydrogen-bond acceptors (Lipinski definition) is 6. The number of nitrogens with one attached hydrogen (secondary N) is 1. The number of anilines is 1. The maximum atomic E-state index is 11.8. The zero-order valence-electron chi connectivity index (χ0n) is 11.1. The Balaban J connectivity index is 2.23. The average molecular weight is 311 g/mol. The molecule has 0 aliphatic rings. The van der Waals surface area contributed by atoms with E-state index in [1.165, 1.54) is 6.39 Å². The van der Waals surface area contributed by atoms with E-state index in [1.54, 1.807) is 25.1 Å². The second kappa shape index (κ2) is 5.92. The van der Waals surface area contributed by atoms with Crippen molar-refractivity contribution in [2.75, 3.05) is 10.5 Å². The summed E-state index contributed by atoms with van der Waals surface area (Å²) in [4.78, 5) is 10.5. The maximum Gasteiger partial charge on any atom is 0.304 e. The number of aryl methyl sites for hydroxylation is 1. The molecule has 0 atom stereocenters. The minimum Gasteiger partial charge on any atom is -0.481 e. The SMILES string of the molecule is Cc1ccc(-c2nnco2)cc1NS(=O)(=O)CCC(=O)O. The highest BCUT2D eigenvalue weighted by Gasteiger charge is 2.15. The van der Waals surface area contributed by atoms with Gasteiger partial charge in [-0.15, -0.1) is 10.2 Å². The zero-order chi connectivity index (χ0) is 15.5. The number of nitrogens with zero attached hydrogens (tertiary/aromatic N) is 2. The summed E-state index contributed by atoms with van der Waals surface area (Å²) in [5.41, 5.74) is 1.60. The lowest BCUT2D eigenvalue weighted by Gasteiger charge is -2.10. The summed E-state index contributed by atoms with van der Waals surface area (Å²) in [5, 5.41) is 15.8. The fourth-order valence-electron chi connectivity index (χ4n) is 1.60. The second-order valence-corrected chi connectivity index (χ2v) is 6.18. The minimum atomic E-state index is -3.74. The third-order valence-corrected chi connectivity index (χ3v) is 3.97. The molecule has 0 aliphatic carbocycles. The van der Waals surface area contributed by atoms with Gasteiger partial charge in [0.15, 0.2) is 0 Å². The number of benzene rings is 1. The number of sulfonamides is 1. The first-order valence-electron chi connectivity index (χ1n) is 5.97. The van der Waals surface area contributed by atoms with E-state index in [0.717, 1.165) is 0 Å². The van der Waals surface area contributed by atoms with Crippen LogP contribution in [0.5, 0.6) is 0 Å². The first-order chi connectivity index (χ1) is 9.87. The van der Waals surface area contributed by atoms with Crippen LogP contribution in [0.2, 0.25) is 0 Å². The van der Waals surface area contributed by atoms with Gasteiger partial charge < -0.3 is 9.52 Å². The van der Waals surface area contributed by atoms with Crippen molar-refractivity contribution in [1.29, 1.82) is 0 Å². The molecule has 1 aromatic heterocycles. The number of aliphatic carboxylic acids is 1. The molecular formula is C12H13N3O5S. The molecule has 112 valence electrons. The standard InChI is InChI=1S/C12H13N3O5S/c1-8-2-3-9(12-14-13-7-20-12)6-10(8)15-21(18,19)5-4-11(16)17/h2-3,6-7,15H,4-5H2,1H3,(H,16,17). The summed E-state index contributed by atoms with van der Waals surface area (Å²) in [6.45, 7) is 1.73. The lowest BCUT2D eigenvalue weighted by molar-refractivity contribution is -0.136. The molecule has 21 heavy (non-hydrogen) atoms. The van der Waals surface area contributed by atoms with Gasteiger partial charge in [-0.2, -0.15) is 0 Å². The quantitative estimate of drug-likeness (QED) is 0.823. The van der Waals surface area contributed by atoms with E-state index in [0.29, 0.717) is 16.8 Å². The van der Waals surface area contributed by atoms with Crippen LogP contribution in [0.25, 0.3) is 11.5 Å². The lowest BCUT2D eigenvalue weighted by atomic mass is 10.1. The molecule has 0 bridgehead atoms. The average Bonchev–Trinajstić information content (AvgIpc) is 2.93. The molecule has 0 unspecified atom stereocenters. The highest BCUT2D eigenvalue weighted by molar-refractivity contribution is 7.92. The Kier molecular flexibility index (Phi) is 4.22. The van der Waals surface area contributed by atoms with Crippen molar-refractivity contribution < 1.29 is 22.7 Å². The summed E-state index contributed by atoms with van der Waals surface area (Å²) in [5.74, 6) is -1.40. The fraction of sp³-hybridized carbons (Fsp3) is 0.250. The Labute approximate surface area is 120 Å². The lowest BCUT2D eigenvalue weighted by Crippen LogP contribution is -2.19. The monoisotopic (exact) mass is 311 g/mol. The van der Waals surface area contributed by atoms with Crippen molar-refractivity contribution in [1.82, 2.24) is 10.2 Å². The van der Waals surface area contributed by atoms with Crippen molar-refractivity contribution in [3.63, 3.8) is 0 Å². The molecule has 9 heteroatoms. The number of aromatic nitrogens is 2. The van der Waals surface area contributed by atoms with Crippen LogP contribution in [0.4, 0.5) is 5.69 Å². The Bertz CT molecular complexity index is 740. The van der Waals surface area contributed by atoms with Crippen molar-refractivity contribution in [3.8, 4) is 11.5 Å². The summed E-state index contributed by atoms with van der Waals surface area (Å²) in [6, 6.07) is 4.98. The molecule has 0 radical (unpaired) electrons. The predicted molar refractivity (Wildman–Crippen MR) is 74.1 cm³/mol. The van der Waals surface area contributed by atoms with Gasteiger partial charge in [0.25, 0.3) is 0 Å². The van der Waals surface area contributed by atoms with E-state index in [1.807, 2.05) is 0 Å². The van der Waals surface area contributed by atoms with Crippen LogP contribution in [-0.4, -0.2) is 35.4 Å². The number of carboxylic acid groups (broad SMARTS) is 1.